The van der Waals surface area contributed by atoms with Gasteiger partial charge in [0.2, 0.25) is 0 Å². The van der Waals surface area contributed by atoms with Crippen molar-refractivity contribution in [2.24, 2.45) is 0 Å². The number of hydrogen-bond donors (Lipinski definition) is 1. The molecule has 1 heterocycles. The van der Waals surface area contributed by atoms with Crippen molar-refractivity contribution in [3.63, 3.8) is 0 Å². The summed E-state index contributed by atoms with van der Waals surface area (Å²) in [7, 11) is 2.16. The molecule has 0 aromatic heterocycles. The molecule has 2 rings (SSSR count). The van der Waals surface area contributed by atoms with Crippen LogP contribution in [-0.4, -0.2) is 50.8 Å². The van der Waals surface area contributed by atoms with Crippen LogP contribution in [0, 0.1) is 6.92 Å². The Bertz CT molecular complexity index is 367. The number of benzene rings is 1. The van der Waals surface area contributed by atoms with E-state index < -0.39 is 0 Å². The minimum Gasteiger partial charge on any atom is -0.374 e. The first kappa shape index (κ1) is 13.5. The Morgan fingerprint density at radius 2 is 2.22 bits per heavy atom. The van der Waals surface area contributed by atoms with Crippen LogP contribution in [0.25, 0.3) is 0 Å². The van der Waals surface area contributed by atoms with Crippen molar-refractivity contribution in [1.29, 1.82) is 0 Å². The van der Waals surface area contributed by atoms with Gasteiger partial charge in [-0.15, -0.1) is 0 Å². The first-order valence-electron chi connectivity index (χ1n) is 6.81. The van der Waals surface area contributed by atoms with Gasteiger partial charge < -0.3 is 15.0 Å². The van der Waals surface area contributed by atoms with Gasteiger partial charge in [-0.1, -0.05) is 24.3 Å². The quantitative estimate of drug-likeness (QED) is 0.798. The van der Waals surface area contributed by atoms with Crippen molar-refractivity contribution >= 4 is 0 Å². The summed E-state index contributed by atoms with van der Waals surface area (Å²) in [5, 5.41) is 3.50. The lowest BCUT2D eigenvalue weighted by Crippen LogP contribution is -2.45. The van der Waals surface area contributed by atoms with E-state index in [0.29, 0.717) is 6.10 Å². The van der Waals surface area contributed by atoms with Crippen LogP contribution in [0.5, 0.6) is 0 Å². The largest absolute Gasteiger partial charge is 0.374 e. The Labute approximate surface area is 110 Å². The lowest BCUT2D eigenvalue weighted by molar-refractivity contribution is -0.0179. The number of ether oxygens (including phenoxy) is 1. The average Bonchev–Trinajstić information content (AvgIpc) is 2.37. The lowest BCUT2D eigenvalue weighted by atomic mass is 10.1. The molecule has 18 heavy (non-hydrogen) atoms. The molecule has 0 saturated carbocycles. The van der Waals surface area contributed by atoms with E-state index in [0.717, 1.165) is 39.2 Å². The predicted molar refractivity (Wildman–Crippen MR) is 75.0 cm³/mol. The Morgan fingerprint density at radius 1 is 1.39 bits per heavy atom. The highest BCUT2D eigenvalue weighted by Gasteiger charge is 2.16. The fraction of sp³-hybridized carbons (Fsp3) is 0.600. The highest BCUT2D eigenvalue weighted by atomic mass is 16.5. The number of likely N-dealkylation sites (N-methyl/N-ethyl adjacent to an activating group) is 1. The van der Waals surface area contributed by atoms with Crippen LogP contribution < -0.4 is 5.32 Å². The summed E-state index contributed by atoms with van der Waals surface area (Å²) in [6, 6.07) is 8.59. The van der Waals surface area contributed by atoms with Crippen molar-refractivity contribution in [1.82, 2.24) is 10.2 Å². The summed E-state index contributed by atoms with van der Waals surface area (Å²) in [6.45, 7) is 7.11. The normalized spacial score (nSPS) is 21.1. The Morgan fingerprint density at radius 3 is 3.00 bits per heavy atom. The van der Waals surface area contributed by atoms with E-state index in [1.165, 1.54) is 11.1 Å². The van der Waals surface area contributed by atoms with Crippen LogP contribution in [0.1, 0.15) is 11.1 Å². The van der Waals surface area contributed by atoms with Gasteiger partial charge in [0, 0.05) is 19.6 Å². The second-order valence-electron chi connectivity index (χ2n) is 5.14. The molecule has 0 bridgehead atoms. The fourth-order valence-electron chi connectivity index (χ4n) is 2.37. The molecule has 1 aliphatic heterocycles. The number of morpholine rings is 1. The number of aryl methyl sites for hydroxylation is 1. The first-order chi connectivity index (χ1) is 8.75. The Balaban J connectivity index is 1.65. The maximum Gasteiger partial charge on any atom is 0.0826 e. The molecule has 1 atom stereocenters. The number of nitrogens with zero attached hydrogens (tertiary/aromatic N) is 1. The molecule has 100 valence electrons. The minimum absolute atomic E-state index is 0.348. The van der Waals surface area contributed by atoms with Crippen LogP contribution in [0.2, 0.25) is 0 Å². The van der Waals surface area contributed by atoms with Gasteiger partial charge in [0.25, 0.3) is 0 Å². The van der Waals surface area contributed by atoms with Crippen LogP contribution in [-0.2, 0) is 11.2 Å². The van der Waals surface area contributed by atoms with Crippen molar-refractivity contribution in [2.45, 2.75) is 19.4 Å². The SMILES string of the molecule is Cc1ccccc1CCNCC1CN(C)CCO1. The van der Waals surface area contributed by atoms with E-state index in [1.807, 2.05) is 0 Å². The molecule has 1 aromatic rings. The monoisotopic (exact) mass is 248 g/mol. The van der Waals surface area contributed by atoms with E-state index >= 15 is 0 Å². The zero-order valence-electron chi connectivity index (χ0n) is 11.5. The molecule has 1 N–H and O–H groups in total. The summed E-state index contributed by atoms with van der Waals surface area (Å²) in [5.41, 5.74) is 2.82. The fourth-order valence-corrected chi connectivity index (χ4v) is 2.37. The predicted octanol–water partition coefficient (Wildman–Crippen LogP) is 1.46. The van der Waals surface area contributed by atoms with Gasteiger partial charge in [-0.05, 0) is 38.1 Å². The maximum absolute atomic E-state index is 5.72. The third-order valence-corrected chi connectivity index (χ3v) is 3.55. The standard InChI is InChI=1S/C15H24N2O/c1-13-5-3-4-6-14(13)7-8-16-11-15-12-17(2)9-10-18-15/h3-6,15-16H,7-12H2,1-2H3. The zero-order valence-corrected chi connectivity index (χ0v) is 11.5. The molecule has 0 aliphatic carbocycles. The van der Waals surface area contributed by atoms with E-state index in [-0.39, 0.29) is 0 Å². The molecular formula is C15H24N2O. The third kappa shape index (κ3) is 4.09. The van der Waals surface area contributed by atoms with Gasteiger partial charge in [0.1, 0.15) is 0 Å². The highest BCUT2D eigenvalue weighted by Crippen LogP contribution is 2.07. The van der Waals surface area contributed by atoms with E-state index in [1.54, 1.807) is 0 Å². The summed E-state index contributed by atoms with van der Waals surface area (Å²) in [6.07, 6.45) is 1.44. The van der Waals surface area contributed by atoms with E-state index in [4.69, 9.17) is 4.74 Å². The second-order valence-corrected chi connectivity index (χ2v) is 5.14. The summed E-state index contributed by atoms with van der Waals surface area (Å²) < 4.78 is 5.72. The van der Waals surface area contributed by atoms with Crippen LogP contribution in [0.15, 0.2) is 24.3 Å². The zero-order chi connectivity index (χ0) is 12.8. The molecular weight excluding hydrogens is 224 g/mol. The number of hydrogen-bond acceptors (Lipinski definition) is 3. The van der Waals surface area contributed by atoms with Gasteiger partial charge in [0.15, 0.2) is 0 Å². The molecule has 1 unspecified atom stereocenters. The molecule has 1 saturated heterocycles. The lowest BCUT2D eigenvalue weighted by Gasteiger charge is -2.30. The molecule has 3 heteroatoms. The Hall–Kier alpha value is -0.900. The van der Waals surface area contributed by atoms with Crippen molar-refractivity contribution in [3.8, 4) is 0 Å². The van der Waals surface area contributed by atoms with Crippen LogP contribution in [0.4, 0.5) is 0 Å². The molecule has 1 aliphatic rings. The van der Waals surface area contributed by atoms with Crippen molar-refractivity contribution in [2.75, 3.05) is 39.8 Å². The van der Waals surface area contributed by atoms with Crippen molar-refractivity contribution < 1.29 is 4.74 Å². The van der Waals surface area contributed by atoms with Crippen LogP contribution in [0.3, 0.4) is 0 Å². The molecule has 1 aromatic carbocycles. The number of rotatable bonds is 5. The van der Waals surface area contributed by atoms with Gasteiger partial charge in [-0.2, -0.15) is 0 Å². The molecule has 3 nitrogen and oxygen atoms in total. The summed E-state index contributed by atoms with van der Waals surface area (Å²) in [4.78, 5) is 2.33. The third-order valence-electron chi connectivity index (χ3n) is 3.55. The smallest absolute Gasteiger partial charge is 0.0826 e. The van der Waals surface area contributed by atoms with Gasteiger partial charge in [-0.25, -0.2) is 0 Å². The topological polar surface area (TPSA) is 24.5 Å². The maximum atomic E-state index is 5.72. The van der Waals surface area contributed by atoms with E-state index in [2.05, 4.69) is 48.5 Å². The summed E-state index contributed by atoms with van der Waals surface area (Å²) >= 11 is 0. The van der Waals surface area contributed by atoms with Crippen LogP contribution >= 0.6 is 0 Å². The van der Waals surface area contributed by atoms with Crippen molar-refractivity contribution in [3.05, 3.63) is 35.4 Å². The minimum atomic E-state index is 0.348. The van der Waals surface area contributed by atoms with Gasteiger partial charge >= 0.3 is 0 Å². The Kier molecular flexibility index (Phi) is 5.17. The number of nitrogens with one attached hydrogen (secondary N) is 1. The van der Waals surface area contributed by atoms with Gasteiger partial charge in [-0.3, -0.25) is 0 Å². The molecule has 0 amide bonds. The average molecular weight is 248 g/mol. The molecule has 0 spiro atoms. The van der Waals surface area contributed by atoms with E-state index in [9.17, 15) is 0 Å². The highest BCUT2D eigenvalue weighted by molar-refractivity contribution is 5.25. The summed E-state index contributed by atoms with van der Waals surface area (Å²) in [5.74, 6) is 0. The van der Waals surface area contributed by atoms with Gasteiger partial charge in [0.05, 0.1) is 12.7 Å². The second kappa shape index (κ2) is 6.88. The molecule has 1 fully saturated rings. The first-order valence-corrected chi connectivity index (χ1v) is 6.81. The molecule has 0 radical (unpaired) electrons.